The van der Waals surface area contributed by atoms with Gasteiger partial charge in [-0.3, -0.25) is 4.98 Å². The third-order valence-electron chi connectivity index (χ3n) is 3.82. The zero-order valence-electron chi connectivity index (χ0n) is 11.6. The van der Waals surface area contributed by atoms with Gasteiger partial charge in [-0.15, -0.1) is 0 Å². The van der Waals surface area contributed by atoms with E-state index >= 15 is 0 Å². The van der Waals surface area contributed by atoms with E-state index in [-0.39, 0.29) is 6.10 Å². The first-order chi connectivity index (χ1) is 9.15. The molecule has 0 aliphatic heterocycles. The summed E-state index contributed by atoms with van der Waals surface area (Å²) in [6.45, 7) is 4.41. The minimum absolute atomic E-state index is 0.132. The van der Waals surface area contributed by atoms with Crippen molar-refractivity contribution in [1.82, 2.24) is 4.98 Å². The summed E-state index contributed by atoms with van der Waals surface area (Å²) in [6, 6.07) is 4.05. The first-order valence-corrected chi connectivity index (χ1v) is 6.90. The quantitative estimate of drug-likeness (QED) is 0.905. The number of pyridine rings is 1. The maximum atomic E-state index is 9.25. The Hall–Kier alpha value is -1.60. The van der Waals surface area contributed by atoms with E-state index in [0.29, 0.717) is 23.8 Å². The minimum Gasteiger partial charge on any atom is -0.489 e. The van der Waals surface area contributed by atoms with Crippen molar-refractivity contribution in [3.63, 3.8) is 0 Å². The number of nitriles is 1. The second-order valence-corrected chi connectivity index (χ2v) is 5.27. The summed E-state index contributed by atoms with van der Waals surface area (Å²) in [6.07, 6.45) is 4.67. The summed E-state index contributed by atoms with van der Waals surface area (Å²) in [5, 5.41) is 9.25. The van der Waals surface area contributed by atoms with E-state index in [9.17, 15) is 5.26 Å². The summed E-state index contributed by atoms with van der Waals surface area (Å²) in [5.41, 5.74) is 7.98. The van der Waals surface area contributed by atoms with Gasteiger partial charge in [-0.05, 0) is 39.7 Å². The van der Waals surface area contributed by atoms with Crippen molar-refractivity contribution in [3.05, 3.63) is 23.0 Å². The molecule has 0 radical (unpaired) electrons. The van der Waals surface area contributed by atoms with Crippen molar-refractivity contribution >= 4 is 0 Å². The van der Waals surface area contributed by atoms with Crippen LogP contribution in [0.5, 0.6) is 5.75 Å². The van der Waals surface area contributed by atoms with Crippen molar-refractivity contribution in [2.45, 2.75) is 45.6 Å². The molecular formula is C15H21N3O. The zero-order valence-corrected chi connectivity index (χ0v) is 11.6. The molecule has 2 N–H and O–H groups in total. The predicted molar refractivity (Wildman–Crippen MR) is 73.9 cm³/mol. The molecule has 0 spiro atoms. The van der Waals surface area contributed by atoms with Gasteiger partial charge in [0.1, 0.15) is 23.5 Å². The molecule has 102 valence electrons. The lowest BCUT2D eigenvalue weighted by atomic mass is 9.86. The maximum absolute atomic E-state index is 9.25. The molecule has 1 aliphatic carbocycles. The second-order valence-electron chi connectivity index (χ2n) is 5.27. The molecule has 0 amide bonds. The molecule has 1 fully saturated rings. The first kappa shape index (κ1) is 13.8. The lowest BCUT2D eigenvalue weighted by Gasteiger charge is -2.31. The zero-order chi connectivity index (χ0) is 13.8. The van der Waals surface area contributed by atoms with Gasteiger partial charge in [0.25, 0.3) is 0 Å². The minimum atomic E-state index is 0.132. The smallest absolute Gasteiger partial charge is 0.141 e. The number of hydrogen-bond donors (Lipinski definition) is 1. The van der Waals surface area contributed by atoms with Gasteiger partial charge >= 0.3 is 0 Å². The molecule has 1 aliphatic rings. The summed E-state index contributed by atoms with van der Waals surface area (Å²) in [7, 11) is 0. The normalized spacial score (nSPS) is 22.8. The Labute approximate surface area is 114 Å². The number of aromatic nitrogens is 1. The molecule has 2 unspecified atom stereocenters. The van der Waals surface area contributed by atoms with E-state index in [0.717, 1.165) is 24.2 Å². The van der Waals surface area contributed by atoms with E-state index < -0.39 is 0 Å². The monoisotopic (exact) mass is 259 g/mol. The van der Waals surface area contributed by atoms with Crippen LogP contribution >= 0.6 is 0 Å². The highest BCUT2D eigenvalue weighted by molar-refractivity contribution is 5.46. The molecule has 2 rings (SSSR count). The van der Waals surface area contributed by atoms with Gasteiger partial charge in [0.15, 0.2) is 0 Å². The Balaban J connectivity index is 2.25. The lowest BCUT2D eigenvalue weighted by Crippen LogP contribution is -2.35. The average molecular weight is 259 g/mol. The van der Waals surface area contributed by atoms with Crippen molar-refractivity contribution < 1.29 is 4.74 Å². The van der Waals surface area contributed by atoms with Crippen LogP contribution < -0.4 is 10.5 Å². The molecule has 19 heavy (non-hydrogen) atoms. The highest BCUT2D eigenvalue weighted by Gasteiger charge is 2.26. The van der Waals surface area contributed by atoms with Crippen LogP contribution in [0.1, 0.15) is 42.6 Å². The van der Waals surface area contributed by atoms with Gasteiger partial charge in [0.05, 0.1) is 5.69 Å². The first-order valence-electron chi connectivity index (χ1n) is 6.90. The number of ether oxygens (including phenoxy) is 1. The Morgan fingerprint density at radius 1 is 1.42 bits per heavy atom. The molecule has 1 aromatic heterocycles. The lowest BCUT2D eigenvalue weighted by molar-refractivity contribution is 0.0965. The van der Waals surface area contributed by atoms with Crippen LogP contribution in [-0.4, -0.2) is 17.6 Å². The van der Waals surface area contributed by atoms with Gasteiger partial charge in [-0.1, -0.05) is 6.42 Å². The Morgan fingerprint density at radius 3 is 2.84 bits per heavy atom. The topological polar surface area (TPSA) is 71.9 Å². The molecule has 2 atom stereocenters. The van der Waals surface area contributed by atoms with E-state index in [1.807, 2.05) is 19.9 Å². The average Bonchev–Trinajstić information content (AvgIpc) is 2.39. The fraction of sp³-hybridized carbons (Fsp3) is 0.600. The van der Waals surface area contributed by atoms with Crippen LogP contribution in [0.2, 0.25) is 0 Å². The number of hydrogen-bond acceptors (Lipinski definition) is 4. The van der Waals surface area contributed by atoms with Crippen molar-refractivity contribution in [2.24, 2.45) is 11.7 Å². The molecule has 4 nitrogen and oxygen atoms in total. The largest absolute Gasteiger partial charge is 0.489 e. The van der Waals surface area contributed by atoms with E-state index in [4.69, 9.17) is 10.5 Å². The number of nitrogens with zero attached hydrogens (tertiary/aromatic N) is 2. The summed E-state index contributed by atoms with van der Waals surface area (Å²) >= 11 is 0. The molecule has 1 aromatic rings. The van der Waals surface area contributed by atoms with Crippen LogP contribution in [0.3, 0.4) is 0 Å². The summed E-state index contributed by atoms with van der Waals surface area (Å²) in [4.78, 5) is 4.31. The predicted octanol–water partition coefficient (Wildman–Crippen LogP) is 2.47. The van der Waals surface area contributed by atoms with E-state index in [1.54, 1.807) is 0 Å². The van der Waals surface area contributed by atoms with Crippen molar-refractivity contribution in [2.75, 3.05) is 6.54 Å². The summed E-state index contributed by atoms with van der Waals surface area (Å²) < 4.78 is 6.10. The molecule has 1 saturated carbocycles. The Bertz CT molecular complexity index is 493. The van der Waals surface area contributed by atoms with Crippen LogP contribution in [0, 0.1) is 31.1 Å². The highest BCUT2D eigenvalue weighted by Crippen LogP contribution is 2.30. The maximum Gasteiger partial charge on any atom is 0.141 e. The molecule has 1 heterocycles. The van der Waals surface area contributed by atoms with Crippen LogP contribution in [0.15, 0.2) is 6.07 Å². The summed E-state index contributed by atoms with van der Waals surface area (Å²) in [5.74, 6) is 1.06. The van der Waals surface area contributed by atoms with Gasteiger partial charge in [0.2, 0.25) is 0 Å². The Kier molecular flexibility index (Phi) is 4.39. The van der Waals surface area contributed by atoms with Gasteiger partial charge < -0.3 is 10.5 Å². The third kappa shape index (κ3) is 3.05. The Morgan fingerprint density at radius 2 is 2.16 bits per heavy atom. The molecule has 4 heteroatoms. The molecule has 0 bridgehead atoms. The number of rotatable bonds is 3. The third-order valence-corrected chi connectivity index (χ3v) is 3.82. The van der Waals surface area contributed by atoms with Gasteiger partial charge in [-0.2, -0.15) is 5.26 Å². The standard InChI is InChI=1S/C15H21N3O/c1-10-7-15(13(9-17)11(2)18-10)19-14-6-4-3-5-12(14)8-16/h7,12,14H,3-6,8,16H2,1-2H3. The fourth-order valence-corrected chi connectivity index (χ4v) is 2.78. The van der Waals surface area contributed by atoms with Crippen LogP contribution in [-0.2, 0) is 0 Å². The highest BCUT2D eigenvalue weighted by atomic mass is 16.5. The van der Waals surface area contributed by atoms with Crippen molar-refractivity contribution in [1.29, 1.82) is 5.26 Å². The molecule has 0 aromatic carbocycles. The number of nitrogens with two attached hydrogens (primary N) is 1. The van der Waals surface area contributed by atoms with Gasteiger partial charge in [-0.25, -0.2) is 0 Å². The van der Waals surface area contributed by atoms with Crippen molar-refractivity contribution in [3.8, 4) is 11.8 Å². The van der Waals surface area contributed by atoms with E-state index in [1.165, 1.54) is 12.8 Å². The second kappa shape index (κ2) is 6.03. The fourth-order valence-electron chi connectivity index (χ4n) is 2.78. The number of aryl methyl sites for hydroxylation is 2. The van der Waals surface area contributed by atoms with Crippen LogP contribution in [0.25, 0.3) is 0 Å². The van der Waals surface area contributed by atoms with Gasteiger partial charge in [0, 0.05) is 17.7 Å². The van der Waals surface area contributed by atoms with E-state index in [2.05, 4.69) is 11.1 Å². The molecular weight excluding hydrogens is 238 g/mol. The SMILES string of the molecule is Cc1cc(OC2CCCCC2CN)c(C#N)c(C)n1. The van der Waals surface area contributed by atoms with Crippen LogP contribution in [0.4, 0.5) is 0 Å². The molecule has 0 saturated heterocycles.